The van der Waals surface area contributed by atoms with Crippen LogP contribution in [0, 0.1) is 5.92 Å². The number of rotatable bonds is 8. The Balaban J connectivity index is 1.39. The molecule has 162 valence electrons. The number of sulfonamides is 1. The third-order valence-electron chi connectivity index (χ3n) is 5.35. The minimum Gasteiger partial charge on any atom is -0.484 e. The van der Waals surface area contributed by atoms with E-state index >= 15 is 0 Å². The molecule has 1 aromatic carbocycles. The number of carbonyl (C=O) groups is 1. The highest BCUT2D eigenvalue weighted by Gasteiger charge is 2.29. The van der Waals surface area contributed by atoms with Crippen molar-refractivity contribution in [2.75, 3.05) is 26.2 Å². The lowest BCUT2D eigenvalue weighted by molar-refractivity contribution is -0.123. The van der Waals surface area contributed by atoms with Gasteiger partial charge in [-0.15, -0.1) is 0 Å². The first-order valence-corrected chi connectivity index (χ1v) is 11.7. The predicted molar refractivity (Wildman–Crippen MR) is 115 cm³/mol. The first-order chi connectivity index (χ1) is 14.4. The van der Waals surface area contributed by atoms with Gasteiger partial charge >= 0.3 is 0 Å². The van der Waals surface area contributed by atoms with Crippen molar-refractivity contribution in [2.45, 2.75) is 37.5 Å². The number of piperidine rings is 1. The number of nitrogens with one attached hydrogen (secondary N) is 1. The summed E-state index contributed by atoms with van der Waals surface area (Å²) >= 11 is 0. The highest BCUT2D eigenvalue weighted by atomic mass is 32.2. The van der Waals surface area contributed by atoms with E-state index in [2.05, 4.69) is 24.1 Å². The summed E-state index contributed by atoms with van der Waals surface area (Å²) < 4.78 is 32.3. The summed E-state index contributed by atoms with van der Waals surface area (Å²) in [5.41, 5.74) is 1.23. The summed E-state index contributed by atoms with van der Waals surface area (Å²) in [5, 5.41) is 2.90. The standard InChI is InChI=1S/C22H29N3O4S/c1-17(2)19-5-7-20(8-6-19)29-16-22(26)24-14-18-9-12-25(13-10-18)30(27,28)21-4-3-11-23-15-21/h3-8,11,15,17-18H,9-10,12-14,16H2,1-2H3,(H,24,26). The zero-order chi connectivity index (χ0) is 21.6. The third kappa shape index (κ3) is 5.79. The number of aromatic nitrogens is 1. The van der Waals surface area contributed by atoms with Crippen LogP contribution in [0.4, 0.5) is 0 Å². The molecule has 2 heterocycles. The zero-order valence-corrected chi connectivity index (χ0v) is 18.3. The average molecular weight is 432 g/mol. The minimum atomic E-state index is -3.50. The number of hydrogen-bond acceptors (Lipinski definition) is 5. The normalized spacial score (nSPS) is 15.8. The van der Waals surface area contributed by atoms with Gasteiger partial charge in [-0.1, -0.05) is 26.0 Å². The Kier molecular flexibility index (Phi) is 7.44. The van der Waals surface area contributed by atoms with Crippen molar-refractivity contribution in [3.05, 3.63) is 54.4 Å². The van der Waals surface area contributed by atoms with Gasteiger partial charge in [0.1, 0.15) is 10.6 Å². The first kappa shape index (κ1) is 22.2. The molecule has 1 N–H and O–H groups in total. The monoisotopic (exact) mass is 431 g/mol. The Labute approximate surface area is 178 Å². The lowest BCUT2D eigenvalue weighted by Crippen LogP contribution is -2.42. The zero-order valence-electron chi connectivity index (χ0n) is 17.5. The van der Waals surface area contributed by atoms with Gasteiger partial charge in [0.25, 0.3) is 5.91 Å². The van der Waals surface area contributed by atoms with Crippen LogP contribution >= 0.6 is 0 Å². The molecule has 0 atom stereocenters. The van der Waals surface area contributed by atoms with Gasteiger partial charge in [0, 0.05) is 32.0 Å². The lowest BCUT2D eigenvalue weighted by atomic mass is 9.98. The summed E-state index contributed by atoms with van der Waals surface area (Å²) in [7, 11) is -3.50. The second-order valence-corrected chi connectivity index (χ2v) is 9.79. The van der Waals surface area contributed by atoms with E-state index in [1.54, 1.807) is 18.3 Å². The molecule has 0 aliphatic carbocycles. The van der Waals surface area contributed by atoms with E-state index in [1.807, 2.05) is 24.3 Å². The number of amides is 1. The minimum absolute atomic E-state index is 0.0325. The van der Waals surface area contributed by atoms with Crippen molar-refractivity contribution in [1.82, 2.24) is 14.6 Å². The highest BCUT2D eigenvalue weighted by Crippen LogP contribution is 2.23. The molecule has 0 radical (unpaired) electrons. The number of pyridine rings is 1. The van der Waals surface area contributed by atoms with E-state index < -0.39 is 10.0 Å². The predicted octanol–water partition coefficient (Wildman–Crippen LogP) is 2.80. The van der Waals surface area contributed by atoms with Crippen molar-refractivity contribution in [1.29, 1.82) is 0 Å². The molecular formula is C22H29N3O4S. The fourth-order valence-electron chi connectivity index (χ4n) is 3.41. The van der Waals surface area contributed by atoms with Gasteiger partial charge in [-0.2, -0.15) is 4.31 Å². The van der Waals surface area contributed by atoms with E-state index in [0.717, 1.165) is 0 Å². The van der Waals surface area contributed by atoms with Crippen LogP contribution < -0.4 is 10.1 Å². The van der Waals surface area contributed by atoms with E-state index in [1.165, 1.54) is 16.1 Å². The Morgan fingerprint density at radius 3 is 2.50 bits per heavy atom. The van der Waals surface area contributed by atoms with Gasteiger partial charge in [0.05, 0.1) is 0 Å². The summed E-state index contributed by atoms with van der Waals surface area (Å²) in [4.78, 5) is 16.2. The van der Waals surface area contributed by atoms with Crippen molar-refractivity contribution in [2.24, 2.45) is 5.92 Å². The average Bonchev–Trinajstić information content (AvgIpc) is 2.77. The smallest absolute Gasteiger partial charge is 0.257 e. The Morgan fingerprint density at radius 2 is 1.90 bits per heavy atom. The molecule has 0 spiro atoms. The quantitative estimate of drug-likeness (QED) is 0.694. The summed E-state index contributed by atoms with van der Waals surface area (Å²) in [6, 6.07) is 10.9. The molecule has 8 heteroatoms. The molecule has 1 aliphatic rings. The number of ether oxygens (including phenoxy) is 1. The fourth-order valence-corrected chi connectivity index (χ4v) is 4.84. The van der Waals surface area contributed by atoms with Crippen molar-refractivity contribution >= 4 is 15.9 Å². The summed E-state index contributed by atoms with van der Waals surface area (Å²) in [6.07, 6.45) is 4.34. The number of carbonyl (C=O) groups excluding carboxylic acids is 1. The van der Waals surface area contributed by atoms with E-state index in [-0.39, 0.29) is 23.3 Å². The van der Waals surface area contributed by atoms with Crippen LogP contribution in [0.3, 0.4) is 0 Å². The Morgan fingerprint density at radius 1 is 1.20 bits per heavy atom. The highest BCUT2D eigenvalue weighted by molar-refractivity contribution is 7.89. The second-order valence-electron chi connectivity index (χ2n) is 7.85. The van der Waals surface area contributed by atoms with Gasteiger partial charge in [0.15, 0.2) is 6.61 Å². The molecule has 30 heavy (non-hydrogen) atoms. The van der Waals surface area contributed by atoms with Gasteiger partial charge in [-0.3, -0.25) is 9.78 Å². The molecule has 2 aromatic rings. The van der Waals surface area contributed by atoms with Crippen molar-refractivity contribution in [3.8, 4) is 5.75 Å². The van der Waals surface area contributed by atoms with Crippen LogP contribution in [0.15, 0.2) is 53.7 Å². The fraction of sp³-hybridized carbons (Fsp3) is 0.455. The maximum Gasteiger partial charge on any atom is 0.257 e. The molecule has 1 fully saturated rings. The number of nitrogens with zero attached hydrogens (tertiary/aromatic N) is 2. The number of benzene rings is 1. The SMILES string of the molecule is CC(C)c1ccc(OCC(=O)NCC2CCN(S(=O)(=O)c3cccnc3)CC2)cc1. The van der Waals surface area contributed by atoms with Gasteiger partial charge < -0.3 is 10.1 Å². The Hall–Kier alpha value is -2.45. The lowest BCUT2D eigenvalue weighted by Gasteiger charge is -2.31. The van der Waals surface area contributed by atoms with Crippen molar-refractivity contribution in [3.63, 3.8) is 0 Å². The molecule has 1 saturated heterocycles. The molecule has 1 aliphatic heterocycles. The molecule has 3 rings (SSSR count). The third-order valence-corrected chi connectivity index (χ3v) is 7.23. The maximum absolute atomic E-state index is 12.6. The molecule has 0 bridgehead atoms. The van der Waals surface area contributed by atoms with Crippen LogP contribution in [0.5, 0.6) is 5.75 Å². The van der Waals surface area contributed by atoms with Gasteiger partial charge in [-0.05, 0) is 54.5 Å². The molecule has 0 unspecified atom stereocenters. The second kappa shape index (κ2) is 10.0. The first-order valence-electron chi connectivity index (χ1n) is 10.3. The molecular weight excluding hydrogens is 402 g/mol. The van der Waals surface area contributed by atoms with Gasteiger partial charge in [0.2, 0.25) is 10.0 Å². The van der Waals surface area contributed by atoms with Crippen LogP contribution in [0.25, 0.3) is 0 Å². The molecule has 0 saturated carbocycles. The van der Waals surface area contributed by atoms with Crippen LogP contribution in [-0.2, 0) is 14.8 Å². The maximum atomic E-state index is 12.6. The van der Waals surface area contributed by atoms with E-state index in [9.17, 15) is 13.2 Å². The number of hydrogen-bond donors (Lipinski definition) is 1. The molecule has 1 amide bonds. The van der Waals surface area contributed by atoms with Crippen LogP contribution in [-0.4, -0.2) is 49.9 Å². The largest absolute Gasteiger partial charge is 0.484 e. The van der Waals surface area contributed by atoms with E-state index in [0.29, 0.717) is 44.1 Å². The van der Waals surface area contributed by atoms with Crippen LogP contribution in [0.1, 0.15) is 38.2 Å². The van der Waals surface area contributed by atoms with Crippen LogP contribution in [0.2, 0.25) is 0 Å². The van der Waals surface area contributed by atoms with E-state index in [4.69, 9.17) is 4.74 Å². The topological polar surface area (TPSA) is 88.6 Å². The van der Waals surface area contributed by atoms with Gasteiger partial charge in [-0.25, -0.2) is 8.42 Å². The summed E-state index contributed by atoms with van der Waals surface area (Å²) in [5.74, 6) is 1.20. The summed E-state index contributed by atoms with van der Waals surface area (Å²) in [6.45, 7) is 5.63. The molecule has 7 nitrogen and oxygen atoms in total. The van der Waals surface area contributed by atoms with Crippen molar-refractivity contribution < 1.29 is 17.9 Å². The molecule has 1 aromatic heterocycles. The Bertz CT molecular complexity index is 923.